The van der Waals surface area contributed by atoms with Crippen molar-refractivity contribution in [3.63, 3.8) is 0 Å². The summed E-state index contributed by atoms with van der Waals surface area (Å²) in [7, 11) is 0. The molecule has 0 aliphatic heterocycles. The molecule has 0 saturated carbocycles. The number of nitrogens with zero attached hydrogens (tertiary/aromatic N) is 1. The van der Waals surface area contributed by atoms with Crippen molar-refractivity contribution in [2.24, 2.45) is 0 Å². The first-order valence-corrected chi connectivity index (χ1v) is 0.548. The molecule has 5 heteroatoms. The van der Waals surface area contributed by atoms with E-state index in [2.05, 4.69) is 0 Å². The summed E-state index contributed by atoms with van der Waals surface area (Å²) in [4.78, 5) is 8.25. The fraction of sp³-hybridized carbons (Fsp3) is 0. The van der Waals surface area contributed by atoms with Gasteiger partial charge in [0.2, 0.25) is 0 Å². The minimum atomic E-state index is -1.75. The Morgan fingerprint density at radius 2 is 1.40 bits per heavy atom. The van der Waals surface area contributed by atoms with Gasteiger partial charge in [-0.05, 0) is 0 Å². The fourth-order valence-electron chi connectivity index (χ4n) is 0. The minimum absolute atomic E-state index is 0. The molecule has 0 bridgehead atoms. The maximum absolute atomic E-state index is 8.25. The second-order valence-corrected chi connectivity index (χ2v) is 0.224. The van der Waals surface area contributed by atoms with Crippen molar-refractivity contribution < 1.29 is 5.09 Å². The Balaban J connectivity index is 0. The summed E-state index contributed by atoms with van der Waals surface area (Å²) in [6, 6.07) is 0. The van der Waals surface area contributed by atoms with Crippen LogP contribution >= 0.6 is 0 Å². The lowest BCUT2D eigenvalue weighted by Gasteiger charge is -1.74. The van der Waals surface area contributed by atoms with Crippen LogP contribution in [0.3, 0.4) is 0 Å². The van der Waals surface area contributed by atoms with Gasteiger partial charge >= 0.3 is 0 Å². The summed E-state index contributed by atoms with van der Waals surface area (Å²) in [5.74, 6) is 0. The van der Waals surface area contributed by atoms with E-state index in [1.807, 2.05) is 0 Å². The minimum Gasteiger partial charge on any atom is -0.356 e. The predicted octanol–water partition coefficient (Wildman–Crippen LogP) is -0.620. The van der Waals surface area contributed by atoms with E-state index in [1.54, 1.807) is 0 Å². The summed E-state index contributed by atoms with van der Waals surface area (Å²) in [6.07, 6.45) is 0. The Hall–Kier alpha value is -0.268. The Labute approximate surface area is 38.6 Å². The number of hydrogen-bond donors (Lipinski definition) is 0. The van der Waals surface area contributed by atoms with Crippen molar-refractivity contribution in [2.75, 3.05) is 0 Å². The maximum atomic E-state index is 8.25. The molecule has 0 fully saturated rings. The third-order valence-corrected chi connectivity index (χ3v) is 0. The van der Waals surface area contributed by atoms with E-state index >= 15 is 0 Å². The van der Waals surface area contributed by atoms with Crippen molar-refractivity contribution in [3.8, 4) is 0 Å². The van der Waals surface area contributed by atoms with Crippen LogP contribution in [-0.4, -0.2) is 22.4 Å². The van der Waals surface area contributed by atoms with Crippen LogP contribution in [0, 0.1) is 15.3 Å². The molecular weight excluding hydrogens is 89.0 g/mol. The summed E-state index contributed by atoms with van der Waals surface area (Å²) in [5, 5.41) is 14.8. The largest absolute Gasteiger partial charge is 0.356 e. The SMILES string of the molecule is O=[N+]([O-])[O-].[Al]. The molecule has 0 saturated heterocycles. The highest BCUT2D eigenvalue weighted by atomic mass is 27.0. The van der Waals surface area contributed by atoms with Crippen LogP contribution < -0.4 is 0 Å². The van der Waals surface area contributed by atoms with Crippen molar-refractivity contribution >= 4 is 17.4 Å². The van der Waals surface area contributed by atoms with E-state index in [4.69, 9.17) is 15.3 Å². The molecule has 0 N–H and O–H groups in total. The highest BCUT2D eigenvalue weighted by Crippen LogP contribution is 1.44. The average molecular weight is 89.0 g/mol. The van der Waals surface area contributed by atoms with Gasteiger partial charge < -0.3 is 15.3 Å². The highest BCUT2D eigenvalue weighted by Gasteiger charge is 1.45. The van der Waals surface area contributed by atoms with Crippen molar-refractivity contribution in [3.05, 3.63) is 15.3 Å². The molecule has 0 spiro atoms. The van der Waals surface area contributed by atoms with E-state index in [0.29, 0.717) is 0 Å². The molecule has 3 radical (unpaired) electrons. The van der Waals surface area contributed by atoms with Gasteiger partial charge in [-0.2, -0.15) is 0 Å². The number of hydrogen-bond acceptors (Lipinski definition) is 3. The highest BCUT2D eigenvalue weighted by molar-refractivity contribution is 5.75. The van der Waals surface area contributed by atoms with E-state index in [9.17, 15) is 0 Å². The van der Waals surface area contributed by atoms with Crippen LogP contribution in [0.15, 0.2) is 0 Å². The summed E-state index contributed by atoms with van der Waals surface area (Å²) < 4.78 is 0. The average Bonchev–Trinajstić information content (AvgIpc) is 0.811. The topological polar surface area (TPSA) is 66.2 Å². The Kier molecular flexibility index (Phi) is 6.59. The van der Waals surface area contributed by atoms with Crippen LogP contribution in [0.5, 0.6) is 0 Å². The molecule has 0 amide bonds. The molecule has 0 heterocycles. The lowest BCUT2D eigenvalue weighted by Crippen LogP contribution is -1.74. The van der Waals surface area contributed by atoms with Gasteiger partial charge in [0.15, 0.2) is 0 Å². The standard InChI is InChI=1S/Al.NO3/c;2-1(3)4/q;-1. The molecule has 0 rings (SSSR count). The Bertz CT molecular complexity index is 29.9. The zero-order valence-electron chi connectivity index (χ0n) is 2.25. The normalized spacial score (nSPS) is 4.80. The van der Waals surface area contributed by atoms with Gasteiger partial charge in [0.05, 0.1) is 5.09 Å². The predicted molar refractivity (Wildman–Crippen MR) is 16.1 cm³/mol. The lowest BCUT2D eigenvalue weighted by atomic mass is 13.1. The molecule has 0 aromatic heterocycles. The fourth-order valence-corrected chi connectivity index (χ4v) is 0. The third kappa shape index (κ3) is 157. The summed E-state index contributed by atoms with van der Waals surface area (Å²) in [6.45, 7) is 0. The molecule has 0 unspecified atom stereocenters. The zero-order chi connectivity index (χ0) is 3.58. The van der Waals surface area contributed by atoms with Gasteiger partial charge in [0, 0.05) is 17.4 Å². The monoisotopic (exact) mass is 89.0 g/mol. The Morgan fingerprint density at radius 3 is 1.40 bits per heavy atom. The van der Waals surface area contributed by atoms with Gasteiger partial charge in [0.1, 0.15) is 0 Å². The zero-order valence-corrected chi connectivity index (χ0v) is 3.40. The first-order valence-electron chi connectivity index (χ1n) is 0.548. The van der Waals surface area contributed by atoms with E-state index in [-0.39, 0.29) is 17.4 Å². The quantitative estimate of drug-likeness (QED) is 0.225. The van der Waals surface area contributed by atoms with Crippen LogP contribution in [0.2, 0.25) is 0 Å². The molecule has 0 aliphatic rings. The maximum Gasteiger partial charge on any atom is 0.0689 e. The van der Waals surface area contributed by atoms with Crippen molar-refractivity contribution in [1.29, 1.82) is 0 Å². The van der Waals surface area contributed by atoms with Crippen molar-refractivity contribution in [1.82, 2.24) is 0 Å². The van der Waals surface area contributed by atoms with Crippen LogP contribution in [0.1, 0.15) is 0 Å². The molecule has 4 nitrogen and oxygen atoms in total. The molecule has 0 aromatic carbocycles. The second-order valence-electron chi connectivity index (χ2n) is 0.224. The van der Waals surface area contributed by atoms with Crippen LogP contribution in [0.4, 0.5) is 0 Å². The first-order chi connectivity index (χ1) is 1.73. The van der Waals surface area contributed by atoms with Crippen molar-refractivity contribution in [2.45, 2.75) is 0 Å². The summed E-state index contributed by atoms with van der Waals surface area (Å²) in [5.41, 5.74) is 0. The van der Waals surface area contributed by atoms with Gasteiger partial charge in [-0.15, -0.1) is 0 Å². The molecule has 0 atom stereocenters. The molecule has 5 heavy (non-hydrogen) atoms. The molecular formula is AlNO3-. The van der Waals surface area contributed by atoms with Gasteiger partial charge in [-0.25, -0.2) is 0 Å². The van der Waals surface area contributed by atoms with E-state index in [1.165, 1.54) is 0 Å². The third-order valence-electron chi connectivity index (χ3n) is 0. The van der Waals surface area contributed by atoms with Gasteiger partial charge in [-0.3, -0.25) is 0 Å². The smallest absolute Gasteiger partial charge is 0.0689 e. The molecule has 0 aromatic rings. The lowest BCUT2D eigenvalue weighted by molar-refractivity contribution is -0.402. The van der Waals surface area contributed by atoms with Crippen LogP contribution in [0.25, 0.3) is 0 Å². The van der Waals surface area contributed by atoms with Crippen LogP contribution in [-0.2, 0) is 0 Å². The first kappa shape index (κ1) is 8.83. The Morgan fingerprint density at radius 1 is 1.40 bits per heavy atom. The molecule has 0 aliphatic carbocycles. The second kappa shape index (κ2) is 3.73. The van der Waals surface area contributed by atoms with E-state index < -0.39 is 5.09 Å². The van der Waals surface area contributed by atoms with E-state index in [0.717, 1.165) is 0 Å². The van der Waals surface area contributed by atoms with Gasteiger partial charge in [0.25, 0.3) is 0 Å². The number of rotatable bonds is 0. The molecule has 27 valence electrons. The summed E-state index contributed by atoms with van der Waals surface area (Å²) >= 11 is 0. The van der Waals surface area contributed by atoms with Gasteiger partial charge in [-0.1, -0.05) is 0 Å².